The normalized spacial score (nSPS) is 28.2. The molecule has 2 rings (SSSR count). The summed E-state index contributed by atoms with van der Waals surface area (Å²) in [6.45, 7) is 6.26. The molecule has 0 spiro atoms. The molecule has 2 aliphatic heterocycles. The molecular formula is C14H26N2O2. The van der Waals surface area contributed by atoms with Crippen molar-refractivity contribution in [3.05, 3.63) is 0 Å². The molecule has 104 valence electrons. The molecular weight excluding hydrogens is 228 g/mol. The molecule has 0 bridgehead atoms. The van der Waals surface area contributed by atoms with E-state index in [1.54, 1.807) is 0 Å². The lowest BCUT2D eigenvalue weighted by Crippen LogP contribution is -2.43. The van der Waals surface area contributed by atoms with E-state index < -0.39 is 0 Å². The minimum atomic E-state index is -0.0883. The minimum absolute atomic E-state index is 0.00356. The zero-order valence-electron chi connectivity index (χ0n) is 11.7. The van der Waals surface area contributed by atoms with Gasteiger partial charge in [0.15, 0.2) is 0 Å². The number of esters is 1. The van der Waals surface area contributed by atoms with Gasteiger partial charge >= 0.3 is 5.97 Å². The van der Waals surface area contributed by atoms with Crippen molar-refractivity contribution in [2.45, 2.75) is 38.6 Å². The van der Waals surface area contributed by atoms with Crippen LogP contribution in [-0.4, -0.2) is 50.2 Å². The number of carbonyl (C=O) groups is 1. The Morgan fingerprint density at radius 2 is 2.11 bits per heavy atom. The number of hydrogen-bond donors (Lipinski definition) is 1. The van der Waals surface area contributed by atoms with E-state index >= 15 is 0 Å². The summed E-state index contributed by atoms with van der Waals surface area (Å²) >= 11 is 0. The second kappa shape index (κ2) is 6.53. The predicted octanol–water partition coefficient (Wildman–Crippen LogP) is 1.26. The van der Waals surface area contributed by atoms with Gasteiger partial charge in [0.2, 0.25) is 0 Å². The van der Waals surface area contributed by atoms with Crippen molar-refractivity contribution in [1.29, 1.82) is 0 Å². The molecule has 0 radical (unpaired) electrons. The van der Waals surface area contributed by atoms with Gasteiger partial charge in [0.1, 0.15) is 0 Å². The van der Waals surface area contributed by atoms with Crippen LogP contribution in [0.3, 0.4) is 0 Å². The van der Waals surface area contributed by atoms with Crippen molar-refractivity contribution in [2.24, 2.45) is 11.8 Å². The van der Waals surface area contributed by atoms with Gasteiger partial charge in [0.25, 0.3) is 0 Å². The molecule has 0 aliphatic carbocycles. The van der Waals surface area contributed by atoms with Crippen LogP contribution in [0.1, 0.15) is 32.6 Å². The maximum Gasteiger partial charge on any atom is 0.309 e. The first-order valence-corrected chi connectivity index (χ1v) is 7.24. The van der Waals surface area contributed by atoms with Gasteiger partial charge < -0.3 is 15.0 Å². The topological polar surface area (TPSA) is 41.6 Å². The average molecular weight is 254 g/mol. The van der Waals surface area contributed by atoms with Gasteiger partial charge in [-0.15, -0.1) is 0 Å². The highest BCUT2D eigenvalue weighted by atomic mass is 16.5. The minimum Gasteiger partial charge on any atom is -0.469 e. The first-order chi connectivity index (χ1) is 8.70. The second-order valence-electron chi connectivity index (χ2n) is 5.77. The van der Waals surface area contributed by atoms with Gasteiger partial charge in [0.05, 0.1) is 13.0 Å². The summed E-state index contributed by atoms with van der Waals surface area (Å²) in [5.74, 6) is 0.753. The zero-order valence-corrected chi connectivity index (χ0v) is 11.7. The maximum atomic E-state index is 11.4. The van der Waals surface area contributed by atoms with Crippen LogP contribution in [0.2, 0.25) is 0 Å². The number of nitrogens with one attached hydrogen (secondary N) is 1. The zero-order chi connectivity index (χ0) is 13.0. The molecule has 0 aromatic carbocycles. The highest BCUT2D eigenvalue weighted by Gasteiger charge is 2.29. The van der Waals surface area contributed by atoms with Crippen LogP contribution in [-0.2, 0) is 9.53 Å². The van der Waals surface area contributed by atoms with Crippen LogP contribution in [0, 0.1) is 11.8 Å². The van der Waals surface area contributed by atoms with Crippen LogP contribution in [0.4, 0.5) is 0 Å². The number of likely N-dealkylation sites (tertiary alicyclic amines) is 1. The lowest BCUT2D eigenvalue weighted by molar-refractivity contribution is -0.145. The van der Waals surface area contributed by atoms with E-state index in [0.29, 0.717) is 0 Å². The molecule has 2 atom stereocenters. The van der Waals surface area contributed by atoms with E-state index in [9.17, 15) is 4.79 Å². The maximum absolute atomic E-state index is 11.4. The van der Waals surface area contributed by atoms with Gasteiger partial charge in [-0.05, 0) is 51.2 Å². The molecule has 0 saturated carbocycles. The molecule has 0 aromatic rings. The Balaban J connectivity index is 1.71. The molecule has 0 amide bonds. The van der Waals surface area contributed by atoms with Crippen molar-refractivity contribution >= 4 is 5.97 Å². The highest BCUT2D eigenvalue weighted by Crippen LogP contribution is 2.25. The fourth-order valence-corrected chi connectivity index (χ4v) is 3.31. The van der Waals surface area contributed by atoms with Gasteiger partial charge in [-0.2, -0.15) is 0 Å². The Bertz CT molecular complexity index is 269. The Kier molecular flexibility index (Phi) is 5.01. The number of ether oxygens (including phenoxy) is 1. The van der Waals surface area contributed by atoms with Gasteiger partial charge in [-0.25, -0.2) is 0 Å². The SMILES string of the molecule is COC(=O)C(C)CN1CCC(C2CCCN2)CC1. The van der Waals surface area contributed by atoms with Gasteiger partial charge in [0, 0.05) is 12.6 Å². The van der Waals surface area contributed by atoms with E-state index in [1.165, 1.54) is 39.3 Å². The Morgan fingerprint density at radius 3 is 2.67 bits per heavy atom. The van der Waals surface area contributed by atoms with Crippen LogP contribution in [0.5, 0.6) is 0 Å². The van der Waals surface area contributed by atoms with E-state index in [4.69, 9.17) is 4.74 Å². The third-order valence-corrected chi connectivity index (χ3v) is 4.44. The number of hydrogen-bond acceptors (Lipinski definition) is 4. The Labute approximate surface area is 110 Å². The molecule has 2 fully saturated rings. The smallest absolute Gasteiger partial charge is 0.309 e. The number of nitrogens with zero attached hydrogens (tertiary/aromatic N) is 1. The largest absolute Gasteiger partial charge is 0.469 e. The Hall–Kier alpha value is -0.610. The van der Waals surface area contributed by atoms with E-state index in [-0.39, 0.29) is 11.9 Å². The van der Waals surface area contributed by atoms with Crippen LogP contribution in [0.15, 0.2) is 0 Å². The summed E-state index contributed by atoms with van der Waals surface area (Å²) in [6.07, 6.45) is 5.23. The number of carbonyl (C=O) groups excluding carboxylic acids is 1. The van der Waals surface area contributed by atoms with Crippen LogP contribution < -0.4 is 5.32 Å². The monoisotopic (exact) mass is 254 g/mol. The lowest BCUT2D eigenvalue weighted by atomic mass is 9.88. The van der Waals surface area contributed by atoms with Crippen molar-refractivity contribution in [1.82, 2.24) is 10.2 Å². The molecule has 2 saturated heterocycles. The average Bonchev–Trinajstić information content (AvgIpc) is 2.92. The second-order valence-corrected chi connectivity index (χ2v) is 5.77. The standard InChI is InChI=1S/C14H26N2O2/c1-11(14(17)18-2)10-16-8-5-12(6-9-16)13-4-3-7-15-13/h11-13,15H,3-10H2,1-2H3. The molecule has 4 heteroatoms. The third kappa shape index (κ3) is 3.45. The fraction of sp³-hybridized carbons (Fsp3) is 0.929. The number of rotatable bonds is 4. The van der Waals surface area contributed by atoms with E-state index in [1.807, 2.05) is 6.92 Å². The molecule has 2 aliphatic rings. The number of methoxy groups -OCH3 is 1. The summed E-state index contributed by atoms with van der Waals surface area (Å²) in [5.41, 5.74) is 0. The van der Waals surface area contributed by atoms with Crippen molar-refractivity contribution < 1.29 is 9.53 Å². The quantitative estimate of drug-likeness (QED) is 0.767. The molecule has 18 heavy (non-hydrogen) atoms. The summed E-state index contributed by atoms with van der Waals surface area (Å²) in [7, 11) is 1.47. The number of piperidine rings is 1. The molecule has 1 N–H and O–H groups in total. The third-order valence-electron chi connectivity index (χ3n) is 4.44. The van der Waals surface area contributed by atoms with Gasteiger partial charge in [-0.3, -0.25) is 4.79 Å². The molecule has 2 heterocycles. The molecule has 0 aromatic heterocycles. The summed E-state index contributed by atoms with van der Waals surface area (Å²) in [4.78, 5) is 13.8. The Morgan fingerprint density at radius 1 is 1.39 bits per heavy atom. The highest BCUT2D eigenvalue weighted by molar-refractivity contribution is 5.72. The van der Waals surface area contributed by atoms with Gasteiger partial charge in [-0.1, -0.05) is 6.92 Å². The van der Waals surface area contributed by atoms with Crippen molar-refractivity contribution in [2.75, 3.05) is 33.3 Å². The summed E-state index contributed by atoms with van der Waals surface area (Å²) in [5, 5.41) is 3.62. The van der Waals surface area contributed by atoms with E-state index in [0.717, 1.165) is 31.6 Å². The molecule has 2 unspecified atom stereocenters. The first-order valence-electron chi connectivity index (χ1n) is 7.24. The lowest BCUT2D eigenvalue weighted by Gasteiger charge is -2.35. The fourth-order valence-electron chi connectivity index (χ4n) is 3.31. The van der Waals surface area contributed by atoms with Crippen LogP contribution >= 0.6 is 0 Å². The molecule has 4 nitrogen and oxygen atoms in total. The predicted molar refractivity (Wildman–Crippen MR) is 71.4 cm³/mol. The van der Waals surface area contributed by atoms with E-state index in [2.05, 4.69) is 10.2 Å². The van der Waals surface area contributed by atoms with Crippen LogP contribution in [0.25, 0.3) is 0 Å². The summed E-state index contributed by atoms with van der Waals surface area (Å²) in [6, 6.07) is 0.755. The first kappa shape index (κ1) is 13.8. The van der Waals surface area contributed by atoms with Crippen molar-refractivity contribution in [3.63, 3.8) is 0 Å². The summed E-state index contributed by atoms with van der Waals surface area (Å²) < 4.78 is 4.78. The van der Waals surface area contributed by atoms with Crippen molar-refractivity contribution in [3.8, 4) is 0 Å².